The van der Waals surface area contributed by atoms with E-state index in [0.29, 0.717) is 32.5 Å². The summed E-state index contributed by atoms with van der Waals surface area (Å²) in [6.45, 7) is 2.12. The number of hydrogen-bond acceptors (Lipinski definition) is 8. The molecule has 0 bridgehead atoms. The van der Waals surface area contributed by atoms with Gasteiger partial charge in [-0.05, 0) is 102 Å². The Bertz CT molecular complexity index is 2340. The second-order valence-corrected chi connectivity index (χ2v) is 15.1. The number of ketones is 3. The van der Waals surface area contributed by atoms with Crippen LogP contribution in [0.4, 0.5) is 0 Å². The van der Waals surface area contributed by atoms with Gasteiger partial charge in [-0.25, -0.2) is 4.98 Å². The largest absolute Gasteiger partial charge is 0.333 e. The topological polar surface area (TPSA) is 118 Å². The lowest BCUT2D eigenvalue weighted by Crippen LogP contribution is -2.21. The van der Waals surface area contributed by atoms with Gasteiger partial charge in [-0.15, -0.1) is 11.6 Å². The Hall–Kier alpha value is -4.39. The molecule has 0 unspecified atom stereocenters. The molecule has 3 N–H and O–H groups in total. The second-order valence-electron chi connectivity index (χ2n) is 13.2. The number of alkyl halides is 1. The third-order valence-electron chi connectivity index (χ3n) is 8.92. The Morgan fingerprint density at radius 1 is 0.712 bits per heavy atom. The van der Waals surface area contributed by atoms with Crippen molar-refractivity contribution in [1.82, 2.24) is 29.7 Å². The van der Waals surface area contributed by atoms with E-state index in [4.69, 9.17) is 23.8 Å². The summed E-state index contributed by atoms with van der Waals surface area (Å²) in [5.74, 6) is 1.57. The fourth-order valence-electron chi connectivity index (χ4n) is 6.41. The number of H-pyrrole nitrogens is 3. The van der Waals surface area contributed by atoms with Gasteiger partial charge >= 0.3 is 0 Å². The number of rotatable bonds is 8. The lowest BCUT2D eigenvalue weighted by molar-refractivity contribution is 0.0980. The fraction of sp³-hybridized carbons (Fsp3) is 0.275. The molecule has 9 nitrogen and oxygen atoms in total. The molecular formula is C40H41ClN6O3S2. The normalized spacial score (nSPS) is 12.9. The maximum absolute atomic E-state index is 13.0. The van der Waals surface area contributed by atoms with E-state index in [9.17, 15) is 14.4 Å². The number of halogens is 1. The summed E-state index contributed by atoms with van der Waals surface area (Å²) in [5, 5.41) is 0.784. The highest BCUT2D eigenvalue weighted by Crippen LogP contribution is 2.33. The van der Waals surface area contributed by atoms with Gasteiger partial charge in [-0.3, -0.25) is 14.4 Å². The van der Waals surface area contributed by atoms with Gasteiger partial charge in [0.05, 0.1) is 22.1 Å². The molecule has 0 saturated heterocycles. The van der Waals surface area contributed by atoms with Gasteiger partial charge in [-0.2, -0.15) is 0 Å². The van der Waals surface area contributed by atoms with E-state index in [1.54, 1.807) is 42.1 Å². The number of hydrogen-bond donors (Lipinski definition) is 3. The van der Waals surface area contributed by atoms with Crippen LogP contribution in [0.5, 0.6) is 0 Å². The van der Waals surface area contributed by atoms with Gasteiger partial charge in [0.25, 0.3) is 0 Å². The van der Waals surface area contributed by atoms with Crippen LogP contribution in [0, 0.1) is 4.77 Å². The molecule has 0 saturated carbocycles. The number of aromatic nitrogens is 4. The van der Waals surface area contributed by atoms with Crippen molar-refractivity contribution >= 4 is 75.0 Å². The Morgan fingerprint density at radius 2 is 1.33 bits per heavy atom. The summed E-state index contributed by atoms with van der Waals surface area (Å²) in [5.41, 5.74) is 8.77. The van der Waals surface area contributed by atoms with Crippen molar-refractivity contribution in [2.45, 2.75) is 24.4 Å². The molecule has 0 aliphatic heterocycles. The van der Waals surface area contributed by atoms with Gasteiger partial charge in [0.1, 0.15) is 5.52 Å². The number of nitrogens with zero attached hydrogens (tertiary/aromatic N) is 3. The van der Waals surface area contributed by atoms with E-state index < -0.39 is 0 Å². The third-order valence-corrected chi connectivity index (χ3v) is 10.4. The molecule has 0 fully saturated rings. The van der Waals surface area contributed by atoms with Crippen LogP contribution in [-0.4, -0.2) is 100.0 Å². The quantitative estimate of drug-likeness (QED) is 0.0621. The highest BCUT2D eigenvalue weighted by molar-refractivity contribution is 7.99. The van der Waals surface area contributed by atoms with E-state index >= 15 is 0 Å². The zero-order valence-corrected chi connectivity index (χ0v) is 32.0. The summed E-state index contributed by atoms with van der Waals surface area (Å²) >= 11 is 12.2. The van der Waals surface area contributed by atoms with Crippen LogP contribution in [0.3, 0.4) is 0 Å². The average Bonchev–Trinajstić information content (AvgIpc) is 3.74. The first-order valence-electron chi connectivity index (χ1n) is 17.1. The summed E-state index contributed by atoms with van der Waals surface area (Å²) in [6.07, 6.45) is 2.91. The smallest absolute Gasteiger partial charge is 0.196 e. The Balaban J connectivity index is 0.000000156. The number of fused-ring (bicyclic) bond motifs is 8. The van der Waals surface area contributed by atoms with Gasteiger partial charge in [-0.1, -0.05) is 60.3 Å². The molecule has 4 aromatic carbocycles. The summed E-state index contributed by atoms with van der Waals surface area (Å²) < 4.78 is 0.592. The highest BCUT2D eigenvalue weighted by atomic mass is 35.5. The van der Waals surface area contributed by atoms with E-state index in [0.717, 1.165) is 87.9 Å². The van der Waals surface area contributed by atoms with Crippen molar-refractivity contribution in [2.24, 2.45) is 0 Å². The molecule has 0 radical (unpaired) electrons. The van der Waals surface area contributed by atoms with Crippen molar-refractivity contribution in [1.29, 1.82) is 0 Å². The van der Waals surface area contributed by atoms with E-state index in [1.165, 1.54) is 0 Å². The van der Waals surface area contributed by atoms with Crippen molar-refractivity contribution < 1.29 is 14.4 Å². The minimum atomic E-state index is -0.128. The zero-order valence-electron chi connectivity index (χ0n) is 29.6. The molecule has 0 atom stereocenters. The van der Waals surface area contributed by atoms with E-state index in [-0.39, 0.29) is 17.3 Å². The molecular weight excluding hydrogens is 712 g/mol. The maximum Gasteiger partial charge on any atom is 0.196 e. The summed E-state index contributed by atoms with van der Waals surface area (Å²) in [6, 6.07) is 22.1. The molecule has 0 amide bonds. The number of carbonyl (C=O) groups excluding carboxylic acids is 3. The lowest BCUT2D eigenvalue weighted by Gasteiger charge is -2.18. The van der Waals surface area contributed by atoms with Crippen molar-refractivity contribution in [3.8, 4) is 0 Å². The number of imidazole rings is 2. The SMILES string of the molecule is CN(C)CCCCl.CN(C)CCCSc1nc2c3c(ccc2[nH]1)C(=O)c1ccccc1C3=O.O=C1c2ccccc2Cc2c1ccc1[nH]c(=S)[nH]c21. The zero-order chi connectivity index (χ0) is 36.9. The monoisotopic (exact) mass is 752 g/mol. The van der Waals surface area contributed by atoms with E-state index in [2.05, 4.69) is 43.8 Å². The molecule has 8 rings (SSSR count). The van der Waals surface area contributed by atoms with Crippen LogP contribution >= 0.6 is 35.6 Å². The van der Waals surface area contributed by atoms with Crippen LogP contribution in [0.1, 0.15) is 71.7 Å². The number of thioether (sulfide) groups is 1. The first kappa shape index (κ1) is 37.4. The fourth-order valence-corrected chi connectivity index (χ4v) is 7.55. The van der Waals surface area contributed by atoms with Crippen molar-refractivity contribution in [3.05, 3.63) is 122 Å². The predicted octanol–water partition coefficient (Wildman–Crippen LogP) is 7.92. The van der Waals surface area contributed by atoms with Crippen LogP contribution in [0.15, 0.2) is 78.0 Å². The maximum atomic E-state index is 13.0. The molecule has 12 heteroatoms. The number of carbonyl (C=O) groups is 3. The Labute approximate surface area is 317 Å². The minimum absolute atomic E-state index is 0.0965. The standard InChI is InChI=1S/C20H19N3O2S.C15H10N2OS.C5H12ClN/c1-23(2)10-5-11-26-20-21-15-9-8-14-16(17(15)22-20)19(25)13-7-4-3-6-12(13)18(14)24;18-14-9-4-2-1-3-8(9)7-11-10(14)5-6-12-13(11)17-15(19)16-12;1-7(2)5-3-4-6/h3-4,6-9H,5,10-11H2,1-2H3,(H,21,22);1-6H,7H2,(H2,16,17,19);3-5H2,1-2H3. The van der Waals surface area contributed by atoms with Gasteiger partial charge in [0.15, 0.2) is 27.3 Å². The van der Waals surface area contributed by atoms with Gasteiger partial charge < -0.3 is 24.8 Å². The van der Waals surface area contributed by atoms with E-state index in [1.807, 2.05) is 56.6 Å². The van der Waals surface area contributed by atoms with Crippen LogP contribution < -0.4 is 0 Å². The summed E-state index contributed by atoms with van der Waals surface area (Å²) in [4.78, 5) is 56.7. The van der Waals surface area contributed by atoms with Gasteiger partial charge in [0.2, 0.25) is 0 Å². The molecule has 268 valence electrons. The first-order chi connectivity index (χ1) is 25.1. The van der Waals surface area contributed by atoms with Crippen LogP contribution in [0.2, 0.25) is 0 Å². The lowest BCUT2D eigenvalue weighted by atomic mass is 9.83. The number of benzene rings is 4. The van der Waals surface area contributed by atoms with Gasteiger partial charge in [0, 0.05) is 45.9 Å². The molecule has 6 aromatic rings. The molecule has 0 spiro atoms. The van der Waals surface area contributed by atoms with Crippen LogP contribution in [-0.2, 0) is 6.42 Å². The van der Waals surface area contributed by atoms with Crippen LogP contribution in [0.25, 0.3) is 22.1 Å². The summed E-state index contributed by atoms with van der Waals surface area (Å²) in [7, 11) is 8.20. The molecule has 52 heavy (non-hydrogen) atoms. The Kier molecular flexibility index (Phi) is 11.9. The predicted molar refractivity (Wildman–Crippen MR) is 213 cm³/mol. The average molecular weight is 753 g/mol. The first-order valence-corrected chi connectivity index (χ1v) is 19.1. The minimum Gasteiger partial charge on any atom is -0.333 e. The molecule has 2 aliphatic rings. The molecule has 2 aromatic heterocycles. The van der Waals surface area contributed by atoms with Crippen molar-refractivity contribution in [2.75, 3.05) is 52.9 Å². The second kappa shape index (κ2) is 16.5. The molecule has 2 heterocycles. The molecule has 2 aliphatic carbocycles. The third kappa shape index (κ3) is 7.99. The number of nitrogens with one attached hydrogen (secondary N) is 3. The van der Waals surface area contributed by atoms with Crippen molar-refractivity contribution in [3.63, 3.8) is 0 Å². The highest BCUT2D eigenvalue weighted by Gasteiger charge is 2.32. The number of aromatic amines is 3. The Morgan fingerprint density at radius 3 is 2.02 bits per heavy atom.